The molecule has 0 radical (unpaired) electrons. The van der Waals surface area contributed by atoms with Gasteiger partial charge in [-0.15, -0.1) is 24.0 Å². The van der Waals surface area contributed by atoms with Crippen LogP contribution in [-0.4, -0.2) is 80.9 Å². The quantitative estimate of drug-likeness (QED) is 0.229. The molecule has 0 unspecified atom stereocenters. The van der Waals surface area contributed by atoms with Gasteiger partial charge in [-0.1, -0.05) is 5.16 Å². The van der Waals surface area contributed by atoms with Gasteiger partial charge in [0, 0.05) is 51.9 Å². The summed E-state index contributed by atoms with van der Waals surface area (Å²) in [5.74, 6) is 0.920. The van der Waals surface area contributed by atoms with Crippen molar-refractivity contribution < 1.29 is 12.9 Å². The van der Waals surface area contributed by atoms with Gasteiger partial charge in [0.2, 0.25) is 10.0 Å². The smallest absolute Gasteiger partial charge is 0.211 e. The highest BCUT2D eigenvalue weighted by atomic mass is 127. The number of halogens is 1. The predicted octanol–water partition coefficient (Wildman–Crippen LogP) is 0.315. The fraction of sp³-hybridized carbons (Fsp3) is 0.733. The highest BCUT2D eigenvalue weighted by Gasteiger charge is 2.20. The lowest BCUT2D eigenvalue weighted by molar-refractivity contribution is 0.169. The van der Waals surface area contributed by atoms with Crippen molar-refractivity contribution in [2.24, 2.45) is 4.99 Å². The molecule has 2 rings (SSSR count). The number of rotatable bonds is 8. The van der Waals surface area contributed by atoms with Crippen LogP contribution < -0.4 is 10.0 Å². The average molecular weight is 500 g/mol. The molecule has 1 fully saturated rings. The summed E-state index contributed by atoms with van der Waals surface area (Å²) >= 11 is 0. The van der Waals surface area contributed by atoms with Crippen LogP contribution in [0.3, 0.4) is 0 Å². The summed E-state index contributed by atoms with van der Waals surface area (Å²) in [5.41, 5.74) is 0.942. The van der Waals surface area contributed by atoms with Gasteiger partial charge in [-0.3, -0.25) is 9.89 Å². The average Bonchev–Trinajstić information content (AvgIpc) is 3.11. The maximum absolute atomic E-state index is 11.4. The first kappa shape index (κ1) is 23.1. The van der Waals surface area contributed by atoms with Crippen LogP contribution in [0.4, 0.5) is 0 Å². The van der Waals surface area contributed by atoms with E-state index < -0.39 is 10.0 Å². The van der Waals surface area contributed by atoms with E-state index >= 15 is 0 Å². The summed E-state index contributed by atoms with van der Waals surface area (Å²) in [6.45, 7) is 9.51. The highest BCUT2D eigenvalue weighted by Crippen LogP contribution is 2.07. The summed E-state index contributed by atoms with van der Waals surface area (Å²) in [6, 6.07) is 1.88. The molecule has 150 valence electrons. The van der Waals surface area contributed by atoms with Gasteiger partial charge in [0.15, 0.2) is 5.96 Å². The Morgan fingerprint density at radius 3 is 2.62 bits per heavy atom. The third kappa shape index (κ3) is 7.76. The fourth-order valence-corrected chi connectivity index (χ4v) is 3.16. The number of aliphatic imine (C=N–C) groups is 1. The van der Waals surface area contributed by atoms with E-state index in [0.29, 0.717) is 13.1 Å². The Morgan fingerprint density at radius 1 is 1.31 bits per heavy atom. The van der Waals surface area contributed by atoms with Gasteiger partial charge in [0.05, 0.1) is 18.0 Å². The zero-order valence-electron chi connectivity index (χ0n) is 15.3. The molecule has 2 heterocycles. The van der Waals surface area contributed by atoms with Gasteiger partial charge in [-0.05, 0) is 13.8 Å². The van der Waals surface area contributed by atoms with Crippen molar-refractivity contribution >= 4 is 40.0 Å². The van der Waals surface area contributed by atoms with Crippen LogP contribution in [0.15, 0.2) is 21.8 Å². The van der Waals surface area contributed by atoms with Gasteiger partial charge in [0.1, 0.15) is 6.26 Å². The first-order valence-electron chi connectivity index (χ1n) is 8.66. The van der Waals surface area contributed by atoms with Crippen LogP contribution in [0, 0.1) is 0 Å². The Labute approximate surface area is 172 Å². The summed E-state index contributed by atoms with van der Waals surface area (Å²) in [4.78, 5) is 9.07. The highest BCUT2D eigenvalue weighted by molar-refractivity contribution is 14.0. The molecule has 11 heteroatoms. The second-order valence-electron chi connectivity index (χ2n) is 5.79. The minimum Gasteiger partial charge on any atom is -0.364 e. The molecule has 0 saturated carbocycles. The zero-order valence-corrected chi connectivity index (χ0v) is 18.5. The summed E-state index contributed by atoms with van der Waals surface area (Å²) in [6.07, 6.45) is 1.59. The Morgan fingerprint density at radius 2 is 2.04 bits per heavy atom. The van der Waals surface area contributed by atoms with Crippen LogP contribution in [0.25, 0.3) is 0 Å². The molecule has 2 N–H and O–H groups in total. The molecule has 1 aliphatic rings. The number of hydrogen-bond acceptors (Lipinski definition) is 6. The monoisotopic (exact) mass is 500 g/mol. The predicted molar refractivity (Wildman–Crippen MR) is 112 cm³/mol. The Hall–Kier alpha value is -0.920. The molecular weight excluding hydrogens is 471 g/mol. The molecule has 1 aromatic rings. The topological polar surface area (TPSA) is 103 Å². The van der Waals surface area contributed by atoms with Crippen molar-refractivity contribution in [3.05, 3.63) is 18.0 Å². The van der Waals surface area contributed by atoms with Gasteiger partial charge < -0.3 is 14.7 Å². The van der Waals surface area contributed by atoms with Crippen LogP contribution in [-0.2, 0) is 16.6 Å². The largest absolute Gasteiger partial charge is 0.364 e. The third-order valence-electron chi connectivity index (χ3n) is 3.96. The van der Waals surface area contributed by atoms with Gasteiger partial charge in [-0.2, -0.15) is 0 Å². The van der Waals surface area contributed by atoms with Crippen molar-refractivity contribution in [1.29, 1.82) is 0 Å². The molecule has 0 atom stereocenters. The lowest BCUT2D eigenvalue weighted by atomic mass is 10.3. The van der Waals surface area contributed by atoms with Crippen molar-refractivity contribution in [2.45, 2.75) is 20.4 Å². The standard InChI is InChI=1S/C15H28N6O3S.HI/c1-3-16-15(17-6-7-18-25(22,23)4-2)21-10-8-20(9-11-21)13-14-5-12-24-19-14;/h5,12,18H,3-4,6-11,13H2,1-2H3,(H,16,17);1H. The number of guanidine groups is 1. The van der Waals surface area contributed by atoms with E-state index in [0.717, 1.165) is 50.9 Å². The number of hydrogen-bond donors (Lipinski definition) is 2. The number of aromatic nitrogens is 1. The summed E-state index contributed by atoms with van der Waals surface area (Å²) < 4.78 is 30.3. The molecule has 0 spiro atoms. The van der Waals surface area contributed by atoms with E-state index in [2.05, 4.69) is 30.0 Å². The SMILES string of the molecule is CCNC(=NCCNS(=O)(=O)CC)N1CCN(Cc2ccon2)CC1.I. The molecule has 0 bridgehead atoms. The molecule has 0 aromatic carbocycles. The van der Waals surface area contributed by atoms with Crippen LogP contribution in [0.2, 0.25) is 0 Å². The van der Waals surface area contributed by atoms with E-state index in [-0.39, 0.29) is 29.7 Å². The second kappa shape index (κ2) is 11.7. The first-order chi connectivity index (χ1) is 12.0. The van der Waals surface area contributed by atoms with E-state index in [1.165, 1.54) is 0 Å². The summed E-state index contributed by atoms with van der Waals surface area (Å²) in [7, 11) is -3.16. The number of nitrogens with zero attached hydrogens (tertiary/aromatic N) is 4. The van der Waals surface area contributed by atoms with E-state index in [4.69, 9.17) is 4.52 Å². The molecular formula is C15H29IN6O3S. The van der Waals surface area contributed by atoms with Crippen molar-refractivity contribution in [2.75, 3.05) is 51.6 Å². The van der Waals surface area contributed by atoms with Gasteiger partial charge >= 0.3 is 0 Å². The fourth-order valence-electron chi connectivity index (χ4n) is 2.56. The molecule has 9 nitrogen and oxygen atoms in total. The van der Waals surface area contributed by atoms with E-state index in [1.54, 1.807) is 13.2 Å². The number of nitrogens with one attached hydrogen (secondary N) is 2. The zero-order chi connectivity index (χ0) is 18.1. The maximum atomic E-state index is 11.4. The summed E-state index contributed by atoms with van der Waals surface area (Å²) in [5, 5.41) is 7.23. The number of sulfonamides is 1. The van der Waals surface area contributed by atoms with E-state index in [9.17, 15) is 8.42 Å². The molecule has 1 aliphatic heterocycles. The molecule has 26 heavy (non-hydrogen) atoms. The maximum Gasteiger partial charge on any atom is 0.211 e. The van der Waals surface area contributed by atoms with Crippen molar-refractivity contribution in [3.63, 3.8) is 0 Å². The Kier molecular flexibility index (Phi) is 10.4. The van der Waals surface area contributed by atoms with E-state index in [1.807, 2.05) is 13.0 Å². The van der Waals surface area contributed by atoms with Crippen LogP contribution in [0.1, 0.15) is 19.5 Å². The Bertz CT molecular complexity index is 630. The molecule has 0 aliphatic carbocycles. The molecule has 0 amide bonds. The van der Waals surface area contributed by atoms with Crippen molar-refractivity contribution in [3.8, 4) is 0 Å². The molecule has 1 aromatic heterocycles. The van der Waals surface area contributed by atoms with Crippen LogP contribution >= 0.6 is 24.0 Å². The Balaban J connectivity index is 0.00000338. The lowest BCUT2D eigenvalue weighted by Crippen LogP contribution is -2.52. The minimum atomic E-state index is -3.16. The lowest BCUT2D eigenvalue weighted by Gasteiger charge is -2.36. The molecule has 1 saturated heterocycles. The normalized spacial score (nSPS) is 16.4. The second-order valence-corrected chi connectivity index (χ2v) is 7.88. The van der Waals surface area contributed by atoms with Crippen molar-refractivity contribution in [1.82, 2.24) is 25.0 Å². The first-order valence-corrected chi connectivity index (χ1v) is 10.3. The van der Waals surface area contributed by atoms with Gasteiger partial charge in [0.25, 0.3) is 0 Å². The minimum absolute atomic E-state index is 0. The number of piperazine rings is 1. The van der Waals surface area contributed by atoms with Crippen LogP contribution in [0.5, 0.6) is 0 Å². The van der Waals surface area contributed by atoms with Gasteiger partial charge in [-0.25, -0.2) is 13.1 Å². The third-order valence-corrected chi connectivity index (χ3v) is 5.36.